The van der Waals surface area contributed by atoms with Crippen molar-refractivity contribution in [3.63, 3.8) is 0 Å². The molecule has 1 N–H and O–H groups in total. The van der Waals surface area contributed by atoms with Crippen molar-refractivity contribution in [2.75, 3.05) is 0 Å². The third kappa shape index (κ3) is 3.13. The summed E-state index contributed by atoms with van der Waals surface area (Å²) in [6.07, 6.45) is 4.72. The molecule has 0 saturated heterocycles. The van der Waals surface area contributed by atoms with Crippen LogP contribution in [-0.4, -0.2) is 29.8 Å². The van der Waals surface area contributed by atoms with Crippen molar-refractivity contribution >= 4 is 15.9 Å². The van der Waals surface area contributed by atoms with Crippen LogP contribution in [-0.2, 0) is 10.0 Å². The first-order valence-electron chi connectivity index (χ1n) is 8.89. The zero-order valence-electron chi connectivity index (χ0n) is 14.5. The Labute approximate surface area is 152 Å². The number of hydrogen-bond acceptors (Lipinski definition) is 6. The molecule has 2 bridgehead atoms. The number of aromatic nitrogens is 2. The monoisotopic (exact) mass is 375 g/mol. The number of carbonyl (C=O) groups is 1. The van der Waals surface area contributed by atoms with Gasteiger partial charge in [0.05, 0.1) is 16.4 Å². The second-order valence-corrected chi connectivity index (χ2v) is 9.10. The molecule has 7 nitrogen and oxygen atoms in total. The normalized spacial score (nSPS) is 25.2. The molecule has 2 aromatic rings. The average Bonchev–Trinajstić information content (AvgIpc) is 3.08. The number of hydrogen-bond donors (Lipinski definition) is 1. The molecule has 1 amide bonds. The van der Waals surface area contributed by atoms with Gasteiger partial charge >= 0.3 is 0 Å². The molecule has 0 aliphatic heterocycles. The van der Waals surface area contributed by atoms with E-state index in [-0.39, 0.29) is 17.4 Å². The Balaban J connectivity index is 1.59. The van der Waals surface area contributed by atoms with Crippen molar-refractivity contribution < 1.29 is 17.6 Å². The number of amides is 1. The van der Waals surface area contributed by atoms with E-state index in [9.17, 15) is 13.2 Å². The second kappa shape index (κ2) is 6.50. The predicted octanol–water partition coefficient (Wildman–Crippen LogP) is 2.68. The summed E-state index contributed by atoms with van der Waals surface area (Å²) in [6, 6.07) is 6.64. The van der Waals surface area contributed by atoms with E-state index in [1.165, 1.54) is 0 Å². The standard InChI is InChI=1S/C18H21N3O4S/c1-11-19-20-18(25-11)15-5-3-2-4-14(15)17(22)21-26(23,24)16-10-12-6-8-13(16)9-7-12/h2-5,12-13,16H,6-10H2,1H3,(H,21,22). The molecule has 8 heteroatoms. The van der Waals surface area contributed by atoms with Gasteiger partial charge in [-0.2, -0.15) is 0 Å². The summed E-state index contributed by atoms with van der Waals surface area (Å²) in [6.45, 7) is 1.65. The van der Waals surface area contributed by atoms with E-state index in [0.717, 1.165) is 25.7 Å². The van der Waals surface area contributed by atoms with E-state index < -0.39 is 21.2 Å². The fraction of sp³-hybridized carbons (Fsp3) is 0.500. The molecule has 1 heterocycles. The lowest BCUT2D eigenvalue weighted by Crippen LogP contribution is -2.47. The number of rotatable bonds is 4. The van der Waals surface area contributed by atoms with Gasteiger partial charge in [-0.3, -0.25) is 4.79 Å². The fourth-order valence-corrected chi connectivity index (χ4v) is 6.05. The van der Waals surface area contributed by atoms with E-state index in [2.05, 4.69) is 14.9 Å². The van der Waals surface area contributed by atoms with Crippen LogP contribution in [0.5, 0.6) is 0 Å². The van der Waals surface area contributed by atoms with Crippen molar-refractivity contribution in [2.45, 2.75) is 44.3 Å². The van der Waals surface area contributed by atoms with Gasteiger partial charge in [0.15, 0.2) is 0 Å². The second-order valence-electron chi connectivity index (χ2n) is 7.20. The van der Waals surface area contributed by atoms with Crippen LogP contribution in [0.1, 0.15) is 48.4 Å². The Morgan fingerprint density at radius 2 is 1.88 bits per heavy atom. The van der Waals surface area contributed by atoms with Crippen LogP contribution in [0.3, 0.4) is 0 Å². The minimum Gasteiger partial charge on any atom is -0.421 e. The molecule has 3 saturated carbocycles. The molecular formula is C18H21N3O4S. The lowest BCUT2D eigenvalue weighted by molar-refractivity contribution is 0.0979. The van der Waals surface area contributed by atoms with Gasteiger partial charge in [-0.25, -0.2) is 13.1 Å². The van der Waals surface area contributed by atoms with E-state index >= 15 is 0 Å². The maximum Gasteiger partial charge on any atom is 0.265 e. The third-order valence-electron chi connectivity index (χ3n) is 5.54. The summed E-state index contributed by atoms with van der Waals surface area (Å²) in [5.74, 6) is 0.533. The summed E-state index contributed by atoms with van der Waals surface area (Å²) in [4.78, 5) is 12.7. The Bertz CT molecular complexity index is 929. The van der Waals surface area contributed by atoms with Crippen molar-refractivity contribution in [1.29, 1.82) is 0 Å². The number of nitrogens with zero attached hydrogens (tertiary/aromatic N) is 2. The summed E-state index contributed by atoms with van der Waals surface area (Å²) in [5, 5.41) is 7.23. The van der Waals surface area contributed by atoms with Crippen LogP contribution < -0.4 is 4.72 Å². The first-order chi connectivity index (χ1) is 12.4. The molecular weight excluding hydrogens is 354 g/mol. The zero-order chi connectivity index (χ0) is 18.3. The van der Waals surface area contributed by atoms with Gasteiger partial charge in [0.2, 0.25) is 21.8 Å². The van der Waals surface area contributed by atoms with Gasteiger partial charge in [0.25, 0.3) is 5.91 Å². The van der Waals surface area contributed by atoms with Crippen LogP contribution >= 0.6 is 0 Å². The Morgan fingerprint density at radius 1 is 1.15 bits per heavy atom. The molecule has 26 heavy (non-hydrogen) atoms. The quantitative estimate of drug-likeness (QED) is 0.881. The molecule has 1 unspecified atom stereocenters. The Kier molecular flexibility index (Phi) is 4.30. The molecule has 5 rings (SSSR count). The number of fused-ring (bicyclic) bond motifs is 3. The summed E-state index contributed by atoms with van der Waals surface area (Å²) in [5.41, 5.74) is 0.631. The minimum atomic E-state index is -3.72. The van der Waals surface area contributed by atoms with Crippen molar-refractivity contribution in [3.05, 3.63) is 35.7 Å². The van der Waals surface area contributed by atoms with E-state index in [1.807, 2.05) is 0 Å². The van der Waals surface area contributed by atoms with Crippen LogP contribution in [0.4, 0.5) is 0 Å². The molecule has 1 atom stereocenters. The first kappa shape index (κ1) is 17.2. The number of benzene rings is 1. The van der Waals surface area contributed by atoms with Gasteiger partial charge < -0.3 is 4.42 Å². The Hall–Kier alpha value is -2.22. The maximum absolute atomic E-state index is 12.8. The lowest BCUT2D eigenvalue weighted by atomic mass is 9.70. The molecule has 3 aliphatic carbocycles. The highest BCUT2D eigenvalue weighted by Crippen LogP contribution is 2.43. The average molecular weight is 375 g/mol. The smallest absolute Gasteiger partial charge is 0.265 e. The predicted molar refractivity (Wildman–Crippen MR) is 94.7 cm³/mol. The van der Waals surface area contributed by atoms with Gasteiger partial charge in [0, 0.05) is 6.92 Å². The van der Waals surface area contributed by atoms with Gasteiger partial charge in [-0.15, -0.1) is 10.2 Å². The molecule has 138 valence electrons. The molecule has 1 aromatic carbocycles. The summed E-state index contributed by atoms with van der Waals surface area (Å²) < 4.78 is 33.3. The van der Waals surface area contributed by atoms with E-state index in [4.69, 9.17) is 4.42 Å². The largest absolute Gasteiger partial charge is 0.421 e. The van der Waals surface area contributed by atoms with Crippen LogP contribution in [0, 0.1) is 18.8 Å². The van der Waals surface area contributed by atoms with E-state index in [0.29, 0.717) is 23.8 Å². The van der Waals surface area contributed by atoms with Gasteiger partial charge in [-0.1, -0.05) is 25.0 Å². The zero-order valence-corrected chi connectivity index (χ0v) is 15.3. The lowest BCUT2D eigenvalue weighted by Gasteiger charge is -2.41. The highest BCUT2D eigenvalue weighted by Gasteiger charge is 2.43. The molecule has 3 fully saturated rings. The third-order valence-corrected chi connectivity index (χ3v) is 7.39. The Morgan fingerprint density at radius 3 is 2.50 bits per heavy atom. The summed E-state index contributed by atoms with van der Waals surface area (Å²) in [7, 11) is -3.72. The number of carbonyl (C=O) groups excluding carboxylic acids is 1. The number of nitrogens with one attached hydrogen (secondary N) is 1. The van der Waals surface area contributed by atoms with E-state index in [1.54, 1.807) is 31.2 Å². The minimum absolute atomic E-state index is 0.152. The van der Waals surface area contributed by atoms with Crippen molar-refractivity contribution in [3.8, 4) is 11.5 Å². The first-order valence-corrected chi connectivity index (χ1v) is 10.4. The van der Waals surface area contributed by atoms with Crippen LogP contribution in [0.25, 0.3) is 11.5 Å². The fourth-order valence-electron chi connectivity index (χ4n) is 4.23. The highest BCUT2D eigenvalue weighted by atomic mass is 32.2. The highest BCUT2D eigenvalue weighted by molar-refractivity contribution is 7.90. The molecule has 3 aliphatic rings. The maximum atomic E-state index is 12.8. The molecule has 0 spiro atoms. The van der Waals surface area contributed by atoms with Crippen LogP contribution in [0.15, 0.2) is 28.7 Å². The number of aryl methyl sites for hydroxylation is 1. The van der Waals surface area contributed by atoms with Crippen LogP contribution in [0.2, 0.25) is 0 Å². The topological polar surface area (TPSA) is 102 Å². The van der Waals surface area contributed by atoms with Gasteiger partial charge in [-0.05, 0) is 43.2 Å². The van der Waals surface area contributed by atoms with Crippen molar-refractivity contribution in [2.24, 2.45) is 11.8 Å². The number of sulfonamides is 1. The van der Waals surface area contributed by atoms with Crippen molar-refractivity contribution in [1.82, 2.24) is 14.9 Å². The molecule has 1 aromatic heterocycles. The SMILES string of the molecule is Cc1nnc(-c2ccccc2C(=O)NS(=O)(=O)C2CC3CCC2CC3)o1. The van der Waals surface area contributed by atoms with Gasteiger partial charge in [0.1, 0.15) is 0 Å². The molecule has 0 radical (unpaired) electrons. The summed E-state index contributed by atoms with van der Waals surface area (Å²) >= 11 is 0.